The summed E-state index contributed by atoms with van der Waals surface area (Å²) >= 11 is 0. The van der Waals surface area contributed by atoms with Gasteiger partial charge in [-0.25, -0.2) is 9.97 Å². The van der Waals surface area contributed by atoms with Crippen molar-refractivity contribution in [2.75, 3.05) is 0 Å². The minimum absolute atomic E-state index is 0. The van der Waals surface area contributed by atoms with Crippen molar-refractivity contribution in [3.63, 3.8) is 0 Å². The molecule has 2 aromatic carbocycles. The van der Waals surface area contributed by atoms with Gasteiger partial charge < -0.3 is 29.9 Å². The van der Waals surface area contributed by atoms with E-state index in [9.17, 15) is 0 Å². The van der Waals surface area contributed by atoms with Gasteiger partial charge in [0, 0.05) is 35.0 Å². The molecule has 0 aliphatic rings. The number of fused-ring (bicyclic) bond motifs is 20. The molecule has 0 amide bonds. The van der Waals surface area contributed by atoms with Crippen LogP contribution < -0.4 is 9.97 Å². The Morgan fingerprint density at radius 2 is 0.780 bits per heavy atom. The van der Waals surface area contributed by atoms with Crippen molar-refractivity contribution in [3.8, 4) is 0 Å². The van der Waals surface area contributed by atoms with Crippen molar-refractivity contribution in [2.45, 2.75) is 0 Å². The summed E-state index contributed by atoms with van der Waals surface area (Å²) in [5.74, 6) is 0.929. The average molecular weight is 580 g/mol. The number of nitrogens with zero attached hydrogens (tertiary/aromatic N) is 10. The van der Waals surface area contributed by atoms with Crippen LogP contribution in [-0.4, -0.2) is 38.7 Å². The fourth-order valence-electron chi connectivity index (χ4n) is 5.25. The van der Waals surface area contributed by atoms with E-state index < -0.39 is 0 Å². The largest absolute Gasteiger partial charge is 2.00 e. The zero-order valence-corrected chi connectivity index (χ0v) is 22.0. The van der Waals surface area contributed by atoms with Gasteiger partial charge in [-0.05, 0) is 45.8 Å². The van der Waals surface area contributed by atoms with E-state index in [1.54, 1.807) is 0 Å². The summed E-state index contributed by atoms with van der Waals surface area (Å²) in [5.41, 5.74) is 4.74. The molecule has 197 valence electrons. The monoisotopic (exact) mass is 579 g/mol. The first-order chi connectivity index (χ1) is 19.8. The molecule has 41 heavy (non-hydrogen) atoms. The van der Waals surface area contributed by atoms with Gasteiger partial charge in [0.05, 0.1) is 11.0 Å². The maximum atomic E-state index is 4.92. The van der Waals surface area contributed by atoms with Crippen LogP contribution in [0.25, 0.3) is 78.0 Å². The fourth-order valence-corrected chi connectivity index (χ4v) is 5.25. The van der Waals surface area contributed by atoms with Gasteiger partial charge in [0.25, 0.3) is 0 Å². The number of hydrogen-bond acceptors (Lipinski definition) is 6. The van der Waals surface area contributed by atoms with Crippen LogP contribution >= 0.6 is 0 Å². The normalized spacial score (nSPS) is 11.7. The first-order valence-corrected chi connectivity index (χ1v) is 12.7. The van der Waals surface area contributed by atoms with Gasteiger partial charge in [-0.3, -0.25) is 8.80 Å². The number of hydrogen-bond donors (Lipinski definition) is 0. The summed E-state index contributed by atoms with van der Waals surface area (Å²) < 4.78 is 3.81. The van der Waals surface area contributed by atoms with Gasteiger partial charge in [0.15, 0.2) is 11.6 Å². The third-order valence-corrected chi connectivity index (χ3v) is 7.10. The molecular formula is C30H16CuN10. The second kappa shape index (κ2) is 8.82. The Hall–Kier alpha value is -5.38. The Morgan fingerprint density at radius 1 is 0.415 bits per heavy atom. The first kappa shape index (κ1) is 23.5. The molecule has 0 N–H and O–H groups in total. The van der Waals surface area contributed by atoms with E-state index in [1.165, 1.54) is 0 Å². The molecule has 8 bridgehead atoms. The molecule has 0 aliphatic carbocycles. The third kappa shape index (κ3) is 3.50. The Balaban J connectivity index is 0.00000256. The average Bonchev–Trinajstić information content (AvgIpc) is 3.73. The van der Waals surface area contributed by atoms with Crippen LogP contribution in [0.5, 0.6) is 0 Å². The zero-order valence-electron chi connectivity index (χ0n) is 21.0. The van der Waals surface area contributed by atoms with Crippen molar-refractivity contribution in [2.24, 2.45) is 0 Å². The van der Waals surface area contributed by atoms with Gasteiger partial charge in [-0.1, -0.05) is 60.7 Å². The van der Waals surface area contributed by atoms with Gasteiger partial charge in [-0.2, -0.15) is 0 Å². The van der Waals surface area contributed by atoms with E-state index in [0.717, 1.165) is 32.6 Å². The van der Waals surface area contributed by atoms with Crippen LogP contribution in [0.1, 0.15) is 0 Å². The Bertz CT molecular complexity index is 2050. The Morgan fingerprint density at radius 3 is 1.20 bits per heavy atom. The summed E-state index contributed by atoms with van der Waals surface area (Å²) in [7, 11) is 0. The van der Waals surface area contributed by atoms with E-state index in [0.29, 0.717) is 45.4 Å². The maximum Gasteiger partial charge on any atom is 2.00 e. The molecule has 0 atom stereocenters. The molecule has 9 aromatic rings. The van der Waals surface area contributed by atoms with Crippen LogP contribution in [0.2, 0.25) is 0 Å². The quantitative estimate of drug-likeness (QED) is 0.228. The van der Waals surface area contributed by atoms with Crippen LogP contribution in [0, 0.1) is 0 Å². The molecule has 11 heteroatoms. The molecule has 0 aliphatic heterocycles. The number of imidazole rings is 2. The van der Waals surface area contributed by atoms with E-state index in [-0.39, 0.29) is 17.1 Å². The molecule has 10 nitrogen and oxygen atoms in total. The molecule has 9 rings (SSSR count). The van der Waals surface area contributed by atoms with Crippen molar-refractivity contribution >= 4 is 78.0 Å². The molecular weight excluding hydrogens is 564 g/mol. The van der Waals surface area contributed by atoms with E-state index >= 15 is 0 Å². The van der Waals surface area contributed by atoms with Gasteiger partial charge in [-0.15, -0.1) is 0 Å². The molecule has 0 saturated heterocycles. The van der Waals surface area contributed by atoms with E-state index in [1.807, 2.05) is 106 Å². The first-order valence-electron chi connectivity index (χ1n) is 12.7. The number of aromatic nitrogens is 10. The molecule has 0 unspecified atom stereocenters. The maximum absolute atomic E-state index is 4.92. The van der Waals surface area contributed by atoms with Crippen LogP contribution in [-0.2, 0) is 17.1 Å². The molecule has 7 aromatic heterocycles. The van der Waals surface area contributed by atoms with Crippen molar-refractivity contribution in [1.29, 1.82) is 0 Å². The van der Waals surface area contributed by atoms with Gasteiger partial charge >= 0.3 is 17.1 Å². The van der Waals surface area contributed by atoms with Gasteiger partial charge in [0.2, 0.25) is 0 Å². The Kier molecular flexibility index (Phi) is 5.05. The zero-order chi connectivity index (χ0) is 26.2. The fraction of sp³-hybridized carbons (Fsp3) is 0. The van der Waals surface area contributed by atoms with Crippen LogP contribution in [0.15, 0.2) is 97.3 Å². The molecule has 0 spiro atoms. The third-order valence-electron chi connectivity index (χ3n) is 7.10. The number of benzene rings is 2. The van der Waals surface area contributed by atoms with Crippen molar-refractivity contribution in [3.05, 3.63) is 97.3 Å². The second-order valence-electron chi connectivity index (χ2n) is 9.44. The van der Waals surface area contributed by atoms with Crippen molar-refractivity contribution < 1.29 is 17.1 Å². The molecule has 0 fully saturated rings. The molecule has 7 heterocycles. The van der Waals surface area contributed by atoms with Crippen LogP contribution in [0.4, 0.5) is 0 Å². The second-order valence-corrected chi connectivity index (χ2v) is 9.44. The summed E-state index contributed by atoms with van der Waals surface area (Å²) in [6.07, 6.45) is 3.83. The Labute approximate surface area is 240 Å². The number of rotatable bonds is 0. The summed E-state index contributed by atoms with van der Waals surface area (Å²) in [4.78, 5) is 39.0. The predicted molar refractivity (Wildman–Crippen MR) is 153 cm³/mol. The minimum atomic E-state index is 0. The standard InChI is InChI=1S/C30H16N10.Cu/c1-3-11-19-17(9-1)23-31-25(19)35-29-38-28(22-14-6-8-16-40(22)29)34-24-18-10-2-4-12-20(18)26(32-24)36-30-37-27(33-23)21-13-5-7-15-39(21)30;/h1-16H;/q-2;+2. The molecule has 0 saturated carbocycles. The van der Waals surface area contributed by atoms with E-state index in [4.69, 9.17) is 39.9 Å². The van der Waals surface area contributed by atoms with E-state index in [2.05, 4.69) is 0 Å². The summed E-state index contributed by atoms with van der Waals surface area (Å²) in [6.45, 7) is 0. The SMILES string of the molecule is [Cu+2].c1ccc2c3nc4nc(nc5[n-]c(nc6nc(nc([n-]3)c2c1)c1ccccn61)c1ccccc51)c1ccccn41. The topological polar surface area (TPSA) is 114 Å². The minimum Gasteiger partial charge on any atom is -0.357 e. The smallest absolute Gasteiger partial charge is 0.357 e. The summed E-state index contributed by atoms with van der Waals surface area (Å²) in [6, 6.07) is 27.5. The predicted octanol–water partition coefficient (Wildman–Crippen LogP) is 5.08. The number of pyridine rings is 2. The molecule has 1 radical (unpaired) electrons. The van der Waals surface area contributed by atoms with Crippen LogP contribution in [0.3, 0.4) is 0 Å². The van der Waals surface area contributed by atoms with Gasteiger partial charge in [0.1, 0.15) is 11.3 Å². The van der Waals surface area contributed by atoms with Crippen molar-refractivity contribution in [1.82, 2.24) is 48.7 Å². The summed E-state index contributed by atoms with van der Waals surface area (Å²) in [5, 5.41) is 3.50.